The lowest BCUT2D eigenvalue weighted by molar-refractivity contribution is -0.120. The van der Waals surface area contributed by atoms with E-state index in [9.17, 15) is 9.59 Å². The molecule has 2 aromatic carbocycles. The Morgan fingerprint density at radius 1 is 1.16 bits per heavy atom. The maximum absolute atomic E-state index is 12.7. The second-order valence-electron chi connectivity index (χ2n) is 8.00. The molecule has 3 heterocycles. The van der Waals surface area contributed by atoms with Crippen LogP contribution in [-0.2, 0) is 16.0 Å². The largest absolute Gasteiger partial charge is 0.361 e. The fourth-order valence-electron chi connectivity index (χ4n) is 4.27. The van der Waals surface area contributed by atoms with Crippen molar-refractivity contribution in [2.75, 3.05) is 18.0 Å². The summed E-state index contributed by atoms with van der Waals surface area (Å²) >= 11 is 1.42. The minimum Gasteiger partial charge on any atom is -0.361 e. The van der Waals surface area contributed by atoms with Crippen LogP contribution < -0.4 is 10.2 Å². The van der Waals surface area contributed by atoms with Gasteiger partial charge >= 0.3 is 0 Å². The number of anilines is 1. The number of hydrogen-bond donors (Lipinski definition) is 2. The van der Waals surface area contributed by atoms with Crippen molar-refractivity contribution in [2.45, 2.75) is 25.2 Å². The highest BCUT2D eigenvalue weighted by molar-refractivity contribution is 7.14. The van der Waals surface area contributed by atoms with Crippen molar-refractivity contribution < 1.29 is 9.59 Å². The quantitative estimate of drug-likeness (QED) is 0.448. The van der Waals surface area contributed by atoms with Crippen molar-refractivity contribution in [2.24, 2.45) is 0 Å². The summed E-state index contributed by atoms with van der Waals surface area (Å²) in [4.78, 5) is 34.3. The first-order valence-corrected chi connectivity index (χ1v) is 11.7. The lowest BCUT2D eigenvalue weighted by atomic mass is 9.91. The number of aromatic nitrogens is 2. The zero-order valence-corrected chi connectivity index (χ0v) is 18.4. The molecule has 2 aromatic heterocycles. The van der Waals surface area contributed by atoms with Gasteiger partial charge < -0.3 is 10.3 Å². The summed E-state index contributed by atoms with van der Waals surface area (Å²) in [6.07, 6.45) is 3.68. The van der Waals surface area contributed by atoms with Crippen LogP contribution in [0.4, 0.5) is 5.13 Å². The zero-order valence-electron chi connectivity index (χ0n) is 17.6. The Morgan fingerprint density at radius 2 is 1.97 bits per heavy atom. The zero-order chi connectivity index (χ0) is 21.9. The molecule has 2 amide bonds. The van der Waals surface area contributed by atoms with Crippen LogP contribution in [0.15, 0.2) is 66.2 Å². The molecular weight excluding hydrogens is 420 g/mol. The van der Waals surface area contributed by atoms with Crippen LogP contribution in [0.5, 0.6) is 0 Å². The van der Waals surface area contributed by atoms with Crippen LogP contribution in [-0.4, -0.2) is 34.9 Å². The predicted octanol–water partition coefficient (Wildman–Crippen LogP) is 4.24. The van der Waals surface area contributed by atoms with Gasteiger partial charge in [-0.25, -0.2) is 4.98 Å². The van der Waals surface area contributed by atoms with Gasteiger partial charge in [-0.3, -0.25) is 14.5 Å². The van der Waals surface area contributed by atoms with Crippen molar-refractivity contribution >= 4 is 39.2 Å². The number of thiazole rings is 1. The molecule has 0 bridgehead atoms. The lowest BCUT2D eigenvalue weighted by Gasteiger charge is -2.18. The first-order chi connectivity index (χ1) is 15.7. The first kappa shape index (κ1) is 20.5. The lowest BCUT2D eigenvalue weighted by Crippen LogP contribution is -2.30. The molecule has 0 spiro atoms. The Balaban J connectivity index is 1.30. The Kier molecular flexibility index (Phi) is 5.73. The molecule has 162 valence electrons. The highest BCUT2D eigenvalue weighted by atomic mass is 32.1. The molecule has 1 fully saturated rings. The summed E-state index contributed by atoms with van der Waals surface area (Å²) < 4.78 is 0. The molecule has 1 aliphatic rings. The molecule has 1 atom stereocenters. The Labute approximate surface area is 190 Å². The molecule has 32 heavy (non-hydrogen) atoms. The van der Waals surface area contributed by atoms with Gasteiger partial charge in [-0.15, -0.1) is 11.3 Å². The van der Waals surface area contributed by atoms with E-state index in [1.807, 2.05) is 41.9 Å². The molecule has 6 nitrogen and oxygen atoms in total. The van der Waals surface area contributed by atoms with E-state index in [-0.39, 0.29) is 24.2 Å². The smallest absolute Gasteiger partial charge is 0.228 e. The second-order valence-corrected chi connectivity index (χ2v) is 8.84. The van der Waals surface area contributed by atoms with E-state index in [0.29, 0.717) is 30.3 Å². The van der Waals surface area contributed by atoms with Crippen molar-refractivity contribution in [3.05, 3.63) is 83.0 Å². The van der Waals surface area contributed by atoms with Crippen LogP contribution in [0.1, 0.15) is 35.6 Å². The summed E-state index contributed by atoms with van der Waals surface area (Å²) in [5, 5.41) is 6.82. The molecule has 0 radical (unpaired) electrons. The number of rotatable bonds is 7. The van der Waals surface area contributed by atoms with Gasteiger partial charge in [-0.05, 0) is 23.6 Å². The molecule has 4 aromatic rings. The summed E-state index contributed by atoms with van der Waals surface area (Å²) in [5.41, 5.74) is 4.10. The highest BCUT2D eigenvalue weighted by Gasteiger charge is 2.25. The van der Waals surface area contributed by atoms with Crippen LogP contribution in [0.3, 0.4) is 0 Å². The average Bonchev–Trinajstić information content (AvgIpc) is 3.55. The number of carbonyl (C=O) groups excluding carboxylic acids is 2. The number of benzene rings is 2. The first-order valence-electron chi connectivity index (χ1n) is 10.8. The maximum Gasteiger partial charge on any atom is 0.228 e. The second kappa shape index (κ2) is 8.96. The van der Waals surface area contributed by atoms with E-state index in [1.54, 1.807) is 4.90 Å². The fourth-order valence-corrected chi connectivity index (χ4v) is 5.14. The third-order valence-corrected chi connectivity index (χ3v) is 6.80. The normalized spacial score (nSPS) is 14.8. The molecule has 1 aliphatic heterocycles. The van der Waals surface area contributed by atoms with Gasteiger partial charge in [-0.1, -0.05) is 48.5 Å². The summed E-state index contributed by atoms with van der Waals surface area (Å²) in [6, 6.07) is 18.5. The van der Waals surface area contributed by atoms with E-state index in [0.717, 1.165) is 28.5 Å². The van der Waals surface area contributed by atoms with Crippen LogP contribution in [0.25, 0.3) is 10.9 Å². The molecular formula is C25H24N4O2S. The monoisotopic (exact) mass is 444 g/mol. The molecule has 5 rings (SSSR count). The van der Waals surface area contributed by atoms with Crippen LogP contribution >= 0.6 is 11.3 Å². The molecule has 1 saturated heterocycles. The number of fused-ring (bicyclic) bond motifs is 1. The maximum atomic E-state index is 12.7. The SMILES string of the molecule is O=C(Cc1csc(N2CCCC2=O)n1)NCC(c1ccccc1)c1c[nH]c2ccccc12. The number of amides is 2. The Bertz CT molecular complexity index is 1250. The summed E-state index contributed by atoms with van der Waals surface area (Å²) in [7, 11) is 0. The predicted molar refractivity (Wildman–Crippen MR) is 127 cm³/mol. The minimum absolute atomic E-state index is 0.0320. The van der Waals surface area contributed by atoms with Crippen LogP contribution in [0, 0.1) is 0 Å². The molecule has 7 heteroatoms. The molecule has 1 unspecified atom stereocenters. The van der Waals surface area contributed by atoms with Gasteiger partial charge in [0.2, 0.25) is 11.8 Å². The van der Waals surface area contributed by atoms with Gasteiger partial charge in [0.25, 0.3) is 0 Å². The number of nitrogens with zero attached hydrogens (tertiary/aromatic N) is 2. The number of hydrogen-bond acceptors (Lipinski definition) is 4. The number of H-pyrrole nitrogens is 1. The van der Waals surface area contributed by atoms with E-state index in [2.05, 4.69) is 39.6 Å². The fraction of sp³-hybridized carbons (Fsp3) is 0.240. The Hall–Kier alpha value is -3.45. The summed E-state index contributed by atoms with van der Waals surface area (Å²) in [6.45, 7) is 1.20. The standard InChI is InChI=1S/C25H24N4O2S/c30-23(13-18-16-32-25(28-18)29-12-6-11-24(29)31)27-14-20(17-7-2-1-3-8-17)21-15-26-22-10-5-4-9-19(21)22/h1-5,7-10,15-16,20,26H,6,11-14H2,(H,27,30). The Morgan fingerprint density at radius 3 is 2.78 bits per heavy atom. The molecule has 0 aliphatic carbocycles. The van der Waals surface area contributed by atoms with Gasteiger partial charge in [0.1, 0.15) is 0 Å². The van der Waals surface area contributed by atoms with Crippen molar-refractivity contribution in [3.8, 4) is 0 Å². The highest BCUT2D eigenvalue weighted by Crippen LogP contribution is 2.30. The summed E-state index contributed by atoms with van der Waals surface area (Å²) in [5.74, 6) is 0.0691. The topological polar surface area (TPSA) is 78.1 Å². The van der Waals surface area contributed by atoms with Gasteiger partial charge in [0, 0.05) is 47.9 Å². The third kappa shape index (κ3) is 4.16. The van der Waals surface area contributed by atoms with Gasteiger partial charge in [0.05, 0.1) is 12.1 Å². The number of nitrogens with one attached hydrogen (secondary N) is 2. The third-order valence-electron chi connectivity index (χ3n) is 5.89. The average molecular weight is 445 g/mol. The van der Waals surface area contributed by atoms with Crippen molar-refractivity contribution in [1.29, 1.82) is 0 Å². The minimum atomic E-state index is -0.0737. The molecule has 0 saturated carbocycles. The van der Waals surface area contributed by atoms with E-state index in [1.165, 1.54) is 11.3 Å². The number of aromatic amines is 1. The van der Waals surface area contributed by atoms with E-state index >= 15 is 0 Å². The number of para-hydroxylation sites is 1. The number of carbonyl (C=O) groups is 2. The van der Waals surface area contributed by atoms with Crippen molar-refractivity contribution in [3.63, 3.8) is 0 Å². The van der Waals surface area contributed by atoms with E-state index < -0.39 is 0 Å². The van der Waals surface area contributed by atoms with Crippen molar-refractivity contribution in [1.82, 2.24) is 15.3 Å². The van der Waals surface area contributed by atoms with Gasteiger partial charge in [0.15, 0.2) is 5.13 Å². The van der Waals surface area contributed by atoms with Gasteiger partial charge in [-0.2, -0.15) is 0 Å². The van der Waals surface area contributed by atoms with E-state index in [4.69, 9.17) is 0 Å². The van der Waals surface area contributed by atoms with Crippen LogP contribution in [0.2, 0.25) is 0 Å². The molecule has 2 N–H and O–H groups in total.